The van der Waals surface area contributed by atoms with Crippen LogP contribution in [0.4, 0.5) is 4.39 Å². The van der Waals surface area contributed by atoms with Crippen LogP contribution in [0.25, 0.3) is 10.2 Å². The predicted octanol–water partition coefficient (Wildman–Crippen LogP) is 3.33. The number of nitrogens with zero attached hydrogens (tertiary/aromatic N) is 2. The molecule has 5 nitrogen and oxygen atoms in total. The van der Waals surface area contributed by atoms with Crippen molar-refractivity contribution in [2.45, 2.75) is 13.5 Å². The molecule has 0 aliphatic carbocycles. The van der Waals surface area contributed by atoms with Gasteiger partial charge in [-0.1, -0.05) is 11.3 Å². The van der Waals surface area contributed by atoms with Crippen LogP contribution in [0.2, 0.25) is 0 Å². The molecule has 1 aliphatic heterocycles. The summed E-state index contributed by atoms with van der Waals surface area (Å²) in [6.07, 6.45) is 0. The van der Waals surface area contributed by atoms with Crippen LogP contribution in [0.5, 0.6) is 11.5 Å². The molecule has 122 valence electrons. The number of aryl methyl sites for hydroxylation is 1. The van der Waals surface area contributed by atoms with E-state index in [9.17, 15) is 9.18 Å². The number of rotatable bonds is 2. The predicted molar refractivity (Wildman–Crippen MR) is 87.9 cm³/mol. The van der Waals surface area contributed by atoms with Gasteiger partial charge in [-0.15, -0.1) is 0 Å². The molecule has 2 heterocycles. The molecule has 2 aromatic carbocycles. The summed E-state index contributed by atoms with van der Waals surface area (Å²) in [5.74, 6) is 0.480. The normalized spacial score (nSPS) is 13.7. The maximum Gasteiger partial charge on any atom is 0.279 e. The van der Waals surface area contributed by atoms with Crippen molar-refractivity contribution in [3.63, 3.8) is 0 Å². The Morgan fingerprint density at radius 2 is 2.08 bits per heavy atom. The molecule has 7 heteroatoms. The summed E-state index contributed by atoms with van der Waals surface area (Å²) in [5.41, 5.74) is 1.28. The van der Waals surface area contributed by atoms with E-state index in [4.69, 9.17) is 9.47 Å². The molecule has 4 rings (SSSR count). The van der Waals surface area contributed by atoms with Crippen molar-refractivity contribution in [2.75, 3.05) is 6.79 Å². The summed E-state index contributed by atoms with van der Waals surface area (Å²) < 4.78 is 26.6. The van der Waals surface area contributed by atoms with Gasteiger partial charge in [-0.25, -0.2) is 4.39 Å². The van der Waals surface area contributed by atoms with Gasteiger partial charge in [0.2, 0.25) is 6.79 Å². The maximum absolute atomic E-state index is 13.4. The fourth-order valence-corrected chi connectivity index (χ4v) is 3.74. The van der Waals surface area contributed by atoms with Gasteiger partial charge in [0, 0.05) is 12.1 Å². The summed E-state index contributed by atoms with van der Waals surface area (Å²) in [7, 11) is 0. The number of carbonyl (C=O) groups is 1. The molecule has 24 heavy (non-hydrogen) atoms. The van der Waals surface area contributed by atoms with Gasteiger partial charge in [0.15, 0.2) is 16.3 Å². The van der Waals surface area contributed by atoms with Gasteiger partial charge >= 0.3 is 0 Å². The zero-order valence-corrected chi connectivity index (χ0v) is 13.6. The third-order valence-electron chi connectivity index (χ3n) is 3.78. The zero-order valence-electron chi connectivity index (χ0n) is 12.8. The summed E-state index contributed by atoms with van der Waals surface area (Å²) >= 11 is 1.29. The van der Waals surface area contributed by atoms with Gasteiger partial charge in [-0.3, -0.25) is 4.79 Å². The number of carbonyl (C=O) groups excluding carboxylic acids is 1. The average molecular weight is 344 g/mol. The van der Waals surface area contributed by atoms with E-state index < -0.39 is 0 Å². The van der Waals surface area contributed by atoms with E-state index in [1.165, 1.54) is 23.5 Å². The average Bonchev–Trinajstić information content (AvgIpc) is 3.17. The lowest BCUT2D eigenvalue weighted by atomic mass is 10.2. The van der Waals surface area contributed by atoms with Crippen LogP contribution in [-0.2, 0) is 6.54 Å². The molecule has 1 aromatic heterocycles. The first kappa shape index (κ1) is 14.9. The van der Waals surface area contributed by atoms with E-state index in [0.29, 0.717) is 28.4 Å². The largest absolute Gasteiger partial charge is 0.454 e. The van der Waals surface area contributed by atoms with Crippen LogP contribution < -0.4 is 14.3 Å². The molecule has 0 saturated carbocycles. The molecule has 0 N–H and O–H groups in total. The molecule has 0 fully saturated rings. The third-order valence-corrected chi connectivity index (χ3v) is 4.82. The maximum atomic E-state index is 13.4. The van der Waals surface area contributed by atoms with Crippen molar-refractivity contribution in [1.29, 1.82) is 0 Å². The Hall–Kier alpha value is -2.67. The van der Waals surface area contributed by atoms with Gasteiger partial charge in [-0.05, 0) is 43.3 Å². The van der Waals surface area contributed by atoms with Gasteiger partial charge < -0.3 is 14.0 Å². The Morgan fingerprint density at radius 1 is 1.25 bits per heavy atom. The first-order chi connectivity index (χ1) is 11.7. The quantitative estimate of drug-likeness (QED) is 0.716. The number of fused-ring (bicyclic) bond motifs is 2. The number of halogens is 1. The van der Waals surface area contributed by atoms with Crippen LogP contribution in [0.3, 0.4) is 0 Å². The molecule has 0 atom stereocenters. The lowest BCUT2D eigenvalue weighted by Crippen LogP contribution is -2.15. The molecule has 0 saturated heterocycles. The van der Waals surface area contributed by atoms with Gasteiger partial charge in [0.05, 0.1) is 10.2 Å². The van der Waals surface area contributed by atoms with E-state index in [1.807, 2.05) is 11.5 Å². The number of ether oxygens (including phenoxy) is 2. The molecule has 1 aliphatic rings. The van der Waals surface area contributed by atoms with Crippen molar-refractivity contribution in [1.82, 2.24) is 4.57 Å². The number of amides is 1. The van der Waals surface area contributed by atoms with Crippen molar-refractivity contribution >= 4 is 27.5 Å². The molecular weight excluding hydrogens is 331 g/mol. The van der Waals surface area contributed by atoms with Gasteiger partial charge in [-0.2, -0.15) is 4.99 Å². The number of aromatic nitrogens is 1. The van der Waals surface area contributed by atoms with E-state index in [-0.39, 0.29) is 18.5 Å². The Morgan fingerprint density at radius 3 is 2.92 bits per heavy atom. The molecule has 0 bridgehead atoms. The van der Waals surface area contributed by atoms with Crippen LogP contribution >= 0.6 is 11.3 Å². The third kappa shape index (κ3) is 2.46. The van der Waals surface area contributed by atoms with E-state index >= 15 is 0 Å². The summed E-state index contributed by atoms with van der Waals surface area (Å²) in [6.45, 7) is 2.75. The molecule has 3 aromatic rings. The highest BCUT2D eigenvalue weighted by Gasteiger charge is 2.16. The van der Waals surface area contributed by atoms with Crippen molar-refractivity contribution in [3.8, 4) is 11.5 Å². The topological polar surface area (TPSA) is 52.8 Å². The highest BCUT2D eigenvalue weighted by molar-refractivity contribution is 7.16. The smallest absolute Gasteiger partial charge is 0.279 e. The summed E-state index contributed by atoms with van der Waals surface area (Å²) in [6, 6.07) is 9.54. The van der Waals surface area contributed by atoms with Crippen LogP contribution in [-0.4, -0.2) is 17.3 Å². The SMILES string of the molecule is CCn1c(=NC(=O)c2ccc3c(c2)OCO3)sc2cc(F)ccc21. The van der Waals surface area contributed by atoms with Gasteiger partial charge in [0.25, 0.3) is 5.91 Å². The first-order valence-electron chi connectivity index (χ1n) is 7.43. The minimum Gasteiger partial charge on any atom is -0.454 e. The minimum absolute atomic E-state index is 0.155. The highest BCUT2D eigenvalue weighted by Crippen LogP contribution is 2.32. The molecule has 0 unspecified atom stereocenters. The number of hydrogen-bond acceptors (Lipinski definition) is 4. The second-order valence-electron chi connectivity index (χ2n) is 5.23. The number of thiazole rings is 1. The first-order valence-corrected chi connectivity index (χ1v) is 8.25. The van der Waals surface area contributed by atoms with Crippen LogP contribution in [0, 0.1) is 5.82 Å². The summed E-state index contributed by atoms with van der Waals surface area (Å²) in [4.78, 5) is 17.2. The number of hydrogen-bond donors (Lipinski definition) is 0. The molecular formula is C17H13FN2O3S. The van der Waals surface area contributed by atoms with E-state index in [1.54, 1.807) is 24.3 Å². The van der Waals surface area contributed by atoms with Crippen LogP contribution in [0.1, 0.15) is 17.3 Å². The number of benzene rings is 2. The van der Waals surface area contributed by atoms with Crippen LogP contribution in [0.15, 0.2) is 41.4 Å². The van der Waals surface area contributed by atoms with Crippen molar-refractivity contribution in [3.05, 3.63) is 52.6 Å². The molecule has 0 radical (unpaired) electrons. The van der Waals surface area contributed by atoms with Crippen molar-refractivity contribution < 1.29 is 18.7 Å². The Labute approximate surface area is 140 Å². The Bertz CT molecular complexity index is 1020. The van der Waals surface area contributed by atoms with E-state index in [0.717, 1.165) is 10.2 Å². The van der Waals surface area contributed by atoms with Crippen molar-refractivity contribution in [2.24, 2.45) is 4.99 Å². The summed E-state index contributed by atoms with van der Waals surface area (Å²) in [5, 5.41) is 0. The minimum atomic E-state index is -0.373. The lowest BCUT2D eigenvalue weighted by molar-refractivity contribution is 0.0997. The monoisotopic (exact) mass is 344 g/mol. The Kier molecular flexibility index (Phi) is 3.57. The highest BCUT2D eigenvalue weighted by atomic mass is 32.1. The molecule has 1 amide bonds. The second-order valence-corrected chi connectivity index (χ2v) is 6.24. The van der Waals surface area contributed by atoms with Gasteiger partial charge in [0.1, 0.15) is 5.82 Å². The lowest BCUT2D eigenvalue weighted by Gasteiger charge is -2.01. The standard InChI is InChI=1S/C17H13FN2O3S/c1-2-20-12-5-4-11(18)8-15(12)24-17(20)19-16(21)10-3-6-13-14(7-10)23-9-22-13/h3-8H,2,9H2,1H3. The molecule has 0 spiro atoms. The zero-order chi connectivity index (χ0) is 16.7. The fourth-order valence-electron chi connectivity index (χ4n) is 2.62. The second kappa shape index (κ2) is 5.76. The van der Waals surface area contributed by atoms with E-state index in [2.05, 4.69) is 4.99 Å². The Balaban J connectivity index is 1.80. The fraction of sp³-hybridized carbons (Fsp3) is 0.176.